The normalized spacial score (nSPS) is 9.89. The van der Waals surface area contributed by atoms with Crippen LogP contribution in [-0.2, 0) is 16.0 Å². The Morgan fingerprint density at radius 3 is 2.94 bits per heavy atom. The fourth-order valence-electron chi connectivity index (χ4n) is 1.30. The number of ether oxygens (including phenoxy) is 1. The van der Waals surface area contributed by atoms with Gasteiger partial charge in [0.25, 0.3) is 0 Å². The molecule has 2 N–H and O–H groups in total. The van der Waals surface area contributed by atoms with Crippen molar-refractivity contribution in [2.45, 2.75) is 26.2 Å². The van der Waals surface area contributed by atoms with E-state index in [4.69, 9.17) is 0 Å². The van der Waals surface area contributed by atoms with Crippen molar-refractivity contribution in [3.8, 4) is 0 Å². The zero-order chi connectivity index (χ0) is 13.4. The first-order valence-electron chi connectivity index (χ1n) is 5.71. The number of amides is 2. The summed E-state index contributed by atoms with van der Waals surface area (Å²) in [5, 5.41) is 7.70. The van der Waals surface area contributed by atoms with Gasteiger partial charge in [-0.05, 0) is 19.8 Å². The lowest BCUT2D eigenvalue weighted by atomic mass is 10.2. The standard InChI is InChI=1S/C11H17N3O3S/c1-3-12-10(16)14-11-13-8(7-18-11)5-4-6-9(15)17-2/h7H,3-6H2,1-2H3,(H2,12,13,14,16). The highest BCUT2D eigenvalue weighted by atomic mass is 32.1. The van der Waals surface area contributed by atoms with Gasteiger partial charge in [-0.2, -0.15) is 0 Å². The van der Waals surface area contributed by atoms with Crippen LogP contribution in [0.3, 0.4) is 0 Å². The summed E-state index contributed by atoms with van der Waals surface area (Å²) in [6, 6.07) is -0.257. The molecule has 0 spiro atoms. The van der Waals surface area contributed by atoms with Crippen molar-refractivity contribution >= 4 is 28.5 Å². The Balaban J connectivity index is 2.34. The second-order valence-electron chi connectivity index (χ2n) is 3.56. The zero-order valence-corrected chi connectivity index (χ0v) is 11.3. The summed E-state index contributed by atoms with van der Waals surface area (Å²) in [4.78, 5) is 26.4. The van der Waals surface area contributed by atoms with Gasteiger partial charge in [0.15, 0.2) is 5.13 Å². The van der Waals surface area contributed by atoms with E-state index in [-0.39, 0.29) is 12.0 Å². The number of methoxy groups -OCH3 is 1. The summed E-state index contributed by atoms with van der Waals surface area (Å²) in [7, 11) is 1.37. The largest absolute Gasteiger partial charge is 0.469 e. The average Bonchev–Trinajstić information content (AvgIpc) is 2.76. The fourth-order valence-corrected chi connectivity index (χ4v) is 2.04. The topological polar surface area (TPSA) is 80.3 Å². The lowest BCUT2D eigenvalue weighted by Gasteiger charge is -2.01. The third-order valence-electron chi connectivity index (χ3n) is 2.15. The first-order chi connectivity index (χ1) is 8.65. The van der Waals surface area contributed by atoms with Crippen LogP contribution in [0.5, 0.6) is 0 Å². The minimum Gasteiger partial charge on any atom is -0.469 e. The Bertz CT molecular complexity index is 406. The van der Waals surface area contributed by atoms with Gasteiger partial charge in [-0.25, -0.2) is 9.78 Å². The Kier molecular flexibility index (Phi) is 6.13. The number of anilines is 1. The van der Waals surface area contributed by atoms with Gasteiger partial charge in [0, 0.05) is 18.3 Å². The molecule has 0 bridgehead atoms. The fraction of sp³-hybridized carbons (Fsp3) is 0.545. The van der Waals surface area contributed by atoms with Crippen molar-refractivity contribution in [3.05, 3.63) is 11.1 Å². The lowest BCUT2D eigenvalue weighted by molar-refractivity contribution is -0.140. The summed E-state index contributed by atoms with van der Waals surface area (Å²) >= 11 is 1.37. The van der Waals surface area contributed by atoms with E-state index < -0.39 is 0 Å². The lowest BCUT2D eigenvalue weighted by Crippen LogP contribution is -2.28. The van der Waals surface area contributed by atoms with Crippen LogP contribution in [0.15, 0.2) is 5.38 Å². The highest BCUT2D eigenvalue weighted by molar-refractivity contribution is 7.13. The van der Waals surface area contributed by atoms with Gasteiger partial charge in [-0.1, -0.05) is 0 Å². The average molecular weight is 271 g/mol. The maximum absolute atomic E-state index is 11.2. The number of nitrogens with zero attached hydrogens (tertiary/aromatic N) is 1. The number of aryl methyl sites for hydroxylation is 1. The van der Waals surface area contributed by atoms with E-state index in [9.17, 15) is 9.59 Å². The molecular formula is C11H17N3O3S. The van der Waals surface area contributed by atoms with E-state index in [2.05, 4.69) is 20.4 Å². The van der Waals surface area contributed by atoms with E-state index >= 15 is 0 Å². The number of esters is 1. The maximum atomic E-state index is 11.2. The van der Waals surface area contributed by atoms with Gasteiger partial charge in [0.05, 0.1) is 12.8 Å². The van der Waals surface area contributed by atoms with Crippen molar-refractivity contribution in [3.63, 3.8) is 0 Å². The first kappa shape index (κ1) is 14.4. The number of hydrogen-bond acceptors (Lipinski definition) is 5. The summed E-state index contributed by atoms with van der Waals surface area (Å²) in [5.74, 6) is -0.217. The highest BCUT2D eigenvalue weighted by Gasteiger charge is 2.06. The van der Waals surface area contributed by atoms with Gasteiger partial charge >= 0.3 is 12.0 Å². The number of rotatable bonds is 6. The van der Waals surface area contributed by atoms with Crippen LogP contribution < -0.4 is 10.6 Å². The Hall–Kier alpha value is -1.63. The maximum Gasteiger partial charge on any atom is 0.321 e. The number of carbonyl (C=O) groups excluding carboxylic acids is 2. The molecule has 0 saturated carbocycles. The summed E-state index contributed by atoms with van der Waals surface area (Å²) in [6.07, 6.45) is 1.77. The molecule has 0 unspecified atom stereocenters. The van der Waals surface area contributed by atoms with Crippen LogP contribution in [0.25, 0.3) is 0 Å². The molecule has 2 amide bonds. The molecule has 100 valence electrons. The molecule has 0 saturated heterocycles. The van der Waals surface area contributed by atoms with Crippen LogP contribution >= 0.6 is 11.3 Å². The molecular weight excluding hydrogens is 254 g/mol. The number of urea groups is 1. The number of hydrogen-bond donors (Lipinski definition) is 2. The summed E-state index contributed by atoms with van der Waals surface area (Å²) in [5.41, 5.74) is 0.871. The minimum absolute atomic E-state index is 0.217. The van der Waals surface area contributed by atoms with Gasteiger partial charge in [-0.3, -0.25) is 10.1 Å². The molecule has 18 heavy (non-hydrogen) atoms. The molecule has 0 aliphatic heterocycles. The molecule has 1 heterocycles. The third kappa shape index (κ3) is 5.13. The second-order valence-corrected chi connectivity index (χ2v) is 4.42. The van der Waals surface area contributed by atoms with Crippen LogP contribution in [0.1, 0.15) is 25.5 Å². The molecule has 1 aromatic rings. The zero-order valence-electron chi connectivity index (χ0n) is 10.5. The van der Waals surface area contributed by atoms with Crippen LogP contribution in [0.4, 0.5) is 9.93 Å². The van der Waals surface area contributed by atoms with Crippen LogP contribution in [-0.4, -0.2) is 30.6 Å². The van der Waals surface area contributed by atoms with Crippen molar-refractivity contribution < 1.29 is 14.3 Å². The molecule has 0 radical (unpaired) electrons. The molecule has 0 fully saturated rings. The monoisotopic (exact) mass is 271 g/mol. The molecule has 0 atom stereocenters. The summed E-state index contributed by atoms with van der Waals surface area (Å²) < 4.78 is 4.55. The second kappa shape index (κ2) is 7.65. The van der Waals surface area contributed by atoms with E-state index in [1.54, 1.807) is 0 Å². The number of nitrogens with one attached hydrogen (secondary N) is 2. The Morgan fingerprint density at radius 2 is 2.28 bits per heavy atom. The SMILES string of the molecule is CCNC(=O)Nc1nc(CCCC(=O)OC)cs1. The minimum atomic E-state index is -0.257. The van der Waals surface area contributed by atoms with Crippen LogP contribution in [0.2, 0.25) is 0 Å². The van der Waals surface area contributed by atoms with Gasteiger partial charge in [0.1, 0.15) is 0 Å². The molecule has 6 nitrogen and oxygen atoms in total. The van der Waals surface area contributed by atoms with E-state index in [1.807, 2.05) is 12.3 Å². The molecule has 0 aliphatic carbocycles. The highest BCUT2D eigenvalue weighted by Crippen LogP contribution is 2.16. The smallest absolute Gasteiger partial charge is 0.321 e. The van der Waals surface area contributed by atoms with E-state index in [0.717, 1.165) is 5.69 Å². The number of carbonyl (C=O) groups is 2. The van der Waals surface area contributed by atoms with E-state index in [1.165, 1.54) is 18.4 Å². The van der Waals surface area contributed by atoms with Crippen LogP contribution in [0, 0.1) is 0 Å². The molecule has 1 rings (SSSR count). The summed E-state index contributed by atoms with van der Waals surface area (Å²) in [6.45, 7) is 2.42. The van der Waals surface area contributed by atoms with Gasteiger partial charge in [-0.15, -0.1) is 11.3 Å². The predicted octanol–water partition coefficient (Wildman–Crippen LogP) is 1.78. The quantitative estimate of drug-likeness (QED) is 0.773. The van der Waals surface area contributed by atoms with E-state index in [0.29, 0.717) is 30.9 Å². The Morgan fingerprint density at radius 1 is 1.50 bits per heavy atom. The molecule has 7 heteroatoms. The molecule has 0 aliphatic rings. The number of aromatic nitrogens is 1. The van der Waals surface area contributed by atoms with Gasteiger partial charge < -0.3 is 10.1 Å². The van der Waals surface area contributed by atoms with Crippen molar-refractivity contribution in [1.82, 2.24) is 10.3 Å². The van der Waals surface area contributed by atoms with Crippen molar-refractivity contribution in [2.24, 2.45) is 0 Å². The van der Waals surface area contributed by atoms with Crippen molar-refractivity contribution in [2.75, 3.05) is 19.0 Å². The molecule has 0 aromatic carbocycles. The molecule has 1 aromatic heterocycles. The Labute approximate surface area is 110 Å². The van der Waals surface area contributed by atoms with Gasteiger partial charge in [0.2, 0.25) is 0 Å². The third-order valence-corrected chi connectivity index (χ3v) is 2.96. The predicted molar refractivity (Wildman–Crippen MR) is 69.8 cm³/mol. The number of thiazole rings is 1. The van der Waals surface area contributed by atoms with Crippen molar-refractivity contribution in [1.29, 1.82) is 0 Å². The first-order valence-corrected chi connectivity index (χ1v) is 6.59.